The summed E-state index contributed by atoms with van der Waals surface area (Å²) >= 11 is 0. The van der Waals surface area contributed by atoms with Crippen LogP contribution in [0.15, 0.2) is 67.3 Å². The second-order valence-corrected chi connectivity index (χ2v) is 5.56. The number of hydrogen-bond donors (Lipinski definition) is 1. The third-order valence-electron chi connectivity index (χ3n) is 3.86. The Balaban J connectivity index is 1.71. The topological polar surface area (TPSA) is 90.1 Å². The van der Waals surface area contributed by atoms with Crippen molar-refractivity contribution in [3.63, 3.8) is 0 Å². The fourth-order valence-electron chi connectivity index (χ4n) is 2.47. The van der Waals surface area contributed by atoms with Crippen LogP contribution in [-0.2, 0) is 0 Å². The molecular formula is C18H16N4O3. The first-order valence-corrected chi connectivity index (χ1v) is 7.68. The summed E-state index contributed by atoms with van der Waals surface area (Å²) in [6, 6.07) is 13.2. The van der Waals surface area contributed by atoms with E-state index in [2.05, 4.69) is 10.3 Å². The van der Waals surface area contributed by atoms with Crippen molar-refractivity contribution >= 4 is 11.6 Å². The molecule has 1 N–H and O–H groups in total. The molecule has 7 nitrogen and oxygen atoms in total. The van der Waals surface area contributed by atoms with Gasteiger partial charge >= 0.3 is 0 Å². The van der Waals surface area contributed by atoms with Crippen LogP contribution in [0.1, 0.15) is 28.9 Å². The van der Waals surface area contributed by atoms with E-state index in [1.54, 1.807) is 18.6 Å². The molecule has 0 aliphatic rings. The largest absolute Gasteiger partial charge is 0.346 e. The van der Waals surface area contributed by atoms with Crippen LogP contribution >= 0.6 is 0 Å². The van der Waals surface area contributed by atoms with Crippen LogP contribution < -0.4 is 5.32 Å². The van der Waals surface area contributed by atoms with Crippen LogP contribution in [-0.4, -0.2) is 20.4 Å². The number of imidazole rings is 1. The molecule has 7 heteroatoms. The van der Waals surface area contributed by atoms with E-state index >= 15 is 0 Å². The van der Waals surface area contributed by atoms with Gasteiger partial charge in [0.25, 0.3) is 11.6 Å². The molecule has 0 aliphatic carbocycles. The highest BCUT2D eigenvalue weighted by Crippen LogP contribution is 2.18. The molecule has 1 aromatic heterocycles. The molecule has 0 saturated heterocycles. The molecule has 3 rings (SSSR count). The van der Waals surface area contributed by atoms with E-state index in [1.807, 2.05) is 42.0 Å². The van der Waals surface area contributed by atoms with Crippen molar-refractivity contribution in [2.75, 3.05) is 0 Å². The molecule has 1 unspecified atom stereocenters. The van der Waals surface area contributed by atoms with Gasteiger partial charge in [-0.2, -0.15) is 0 Å². The molecule has 2 aromatic carbocycles. The number of benzene rings is 2. The normalized spacial score (nSPS) is 11.7. The van der Waals surface area contributed by atoms with E-state index in [-0.39, 0.29) is 23.2 Å². The molecule has 1 amide bonds. The molecule has 25 heavy (non-hydrogen) atoms. The fourth-order valence-corrected chi connectivity index (χ4v) is 2.47. The number of carbonyl (C=O) groups is 1. The molecule has 0 bridgehead atoms. The summed E-state index contributed by atoms with van der Waals surface area (Å²) in [7, 11) is 0. The number of rotatable bonds is 5. The third kappa shape index (κ3) is 3.72. The molecule has 0 saturated carbocycles. The average molecular weight is 336 g/mol. The van der Waals surface area contributed by atoms with Crippen LogP contribution in [0, 0.1) is 10.1 Å². The lowest BCUT2D eigenvalue weighted by Crippen LogP contribution is -2.26. The second-order valence-electron chi connectivity index (χ2n) is 5.56. The van der Waals surface area contributed by atoms with Gasteiger partial charge in [-0.1, -0.05) is 18.2 Å². The predicted molar refractivity (Wildman–Crippen MR) is 92.5 cm³/mol. The minimum absolute atomic E-state index is 0.106. The number of non-ortho nitro benzene ring substituents is 1. The fraction of sp³-hybridized carbons (Fsp3) is 0.111. The van der Waals surface area contributed by atoms with Crippen LogP contribution in [0.3, 0.4) is 0 Å². The molecule has 1 atom stereocenters. The van der Waals surface area contributed by atoms with Gasteiger partial charge in [0, 0.05) is 35.8 Å². The number of aromatic nitrogens is 2. The standard InChI is InChI=1S/C18H16N4O3/c1-13(14-5-7-16(8-6-14)21-10-9-19-12-21)20-18(23)15-3-2-4-17(11-15)22(24)25/h2-13H,1H3,(H,20,23). The first-order valence-electron chi connectivity index (χ1n) is 7.68. The lowest BCUT2D eigenvalue weighted by atomic mass is 10.1. The number of nitrogens with one attached hydrogen (secondary N) is 1. The lowest BCUT2D eigenvalue weighted by Gasteiger charge is -2.15. The SMILES string of the molecule is CC(NC(=O)c1cccc([N+](=O)[O-])c1)c1ccc(-n2ccnc2)cc1. The first-order chi connectivity index (χ1) is 12.0. The minimum atomic E-state index is -0.519. The number of amides is 1. The van der Waals surface area contributed by atoms with Crippen molar-refractivity contribution in [3.05, 3.63) is 88.5 Å². The van der Waals surface area contributed by atoms with E-state index in [0.29, 0.717) is 0 Å². The number of nitro groups is 1. The highest BCUT2D eigenvalue weighted by atomic mass is 16.6. The Morgan fingerprint density at radius 1 is 1.24 bits per heavy atom. The summed E-state index contributed by atoms with van der Waals surface area (Å²) in [5.74, 6) is -0.352. The highest BCUT2D eigenvalue weighted by molar-refractivity contribution is 5.95. The van der Waals surface area contributed by atoms with Crippen molar-refractivity contribution in [3.8, 4) is 5.69 Å². The molecule has 126 valence electrons. The Kier molecular flexibility index (Phi) is 4.56. The lowest BCUT2D eigenvalue weighted by molar-refractivity contribution is -0.384. The predicted octanol–water partition coefficient (Wildman–Crippen LogP) is 3.27. The molecule has 0 fully saturated rings. The zero-order valence-corrected chi connectivity index (χ0v) is 13.5. The van der Waals surface area contributed by atoms with Crippen molar-refractivity contribution in [2.45, 2.75) is 13.0 Å². The van der Waals surface area contributed by atoms with Gasteiger partial charge in [-0.3, -0.25) is 14.9 Å². The summed E-state index contributed by atoms with van der Waals surface area (Å²) < 4.78 is 1.89. The van der Waals surface area contributed by atoms with E-state index in [4.69, 9.17) is 0 Å². The van der Waals surface area contributed by atoms with Crippen LogP contribution in [0.2, 0.25) is 0 Å². The van der Waals surface area contributed by atoms with Gasteiger partial charge in [-0.25, -0.2) is 4.98 Å². The van der Waals surface area contributed by atoms with Gasteiger partial charge in [0.15, 0.2) is 0 Å². The van der Waals surface area contributed by atoms with Crippen molar-refractivity contribution < 1.29 is 9.72 Å². The van der Waals surface area contributed by atoms with Gasteiger partial charge < -0.3 is 9.88 Å². The summed E-state index contributed by atoms with van der Waals surface area (Å²) in [5, 5.41) is 13.7. The Labute approximate surface area is 144 Å². The van der Waals surface area contributed by atoms with Gasteiger partial charge in [0.2, 0.25) is 0 Å². The zero-order chi connectivity index (χ0) is 17.8. The molecular weight excluding hydrogens is 320 g/mol. The first kappa shape index (κ1) is 16.4. The van der Waals surface area contributed by atoms with Gasteiger partial charge in [0.05, 0.1) is 17.3 Å². The van der Waals surface area contributed by atoms with Crippen LogP contribution in [0.4, 0.5) is 5.69 Å². The smallest absolute Gasteiger partial charge is 0.270 e. The van der Waals surface area contributed by atoms with Crippen molar-refractivity contribution in [2.24, 2.45) is 0 Å². The monoisotopic (exact) mass is 336 g/mol. The Morgan fingerprint density at radius 3 is 2.64 bits per heavy atom. The molecule has 1 heterocycles. The van der Waals surface area contributed by atoms with Crippen LogP contribution in [0.5, 0.6) is 0 Å². The van der Waals surface area contributed by atoms with Gasteiger partial charge in [-0.15, -0.1) is 0 Å². The summed E-state index contributed by atoms with van der Waals surface area (Å²) in [6.07, 6.45) is 5.26. The third-order valence-corrected chi connectivity index (χ3v) is 3.86. The Morgan fingerprint density at radius 2 is 2.00 bits per heavy atom. The van der Waals surface area contributed by atoms with E-state index in [0.717, 1.165) is 11.3 Å². The van der Waals surface area contributed by atoms with Crippen molar-refractivity contribution in [1.82, 2.24) is 14.9 Å². The molecule has 0 radical (unpaired) electrons. The molecule has 0 spiro atoms. The highest BCUT2D eigenvalue weighted by Gasteiger charge is 2.14. The zero-order valence-electron chi connectivity index (χ0n) is 13.5. The maximum absolute atomic E-state index is 12.3. The number of hydrogen-bond acceptors (Lipinski definition) is 4. The van der Waals surface area contributed by atoms with Gasteiger partial charge in [-0.05, 0) is 30.7 Å². The second kappa shape index (κ2) is 6.96. The van der Waals surface area contributed by atoms with E-state index < -0.39 is 4.92 Å². The summed E-state index contributed by atoms with van der Waals surface area (Å²) in [6.45, 7) is 1.86. The van der Waals surface area contributed by atoms with Gasteiger partial charge in [0.1, 0.15) is 0 Å². The molecule has 0 aliphatic heterocycles. The number of nitro benzene ring substituents is 1. The Bertz CT molecular complexity index is 889. The quantitative estimate of drug-likeness (QED) is 0.572. The van der Waals surface area contributed by atoms with Crippen LogP contribution in [0.25, 0.3) is 5.69 Å². The minimum Gasteiger partial charge on any atom is -0.346 e. The maximum Gasteiger partial charge on any atom is 0.270 e. The molecule has 3 aromatic rings. The average Bonchev–Trinajstić information content (AvgIpc) is 3.16. The van der Waals surface area contributed by atoms with Crippen molar-refractivity contribution in [1.29, 1.82) is 0 Å². The van der Waals surface area contributed by atoms with E-state index in [9.17, 15) is 14.9 Å². The number of carbonyl (C=O) groups excluding carboxylic acids is 1. The summed E-state index contributed by atoms with van der Waals surface area (Å²) in [4.78, 5) is 26.6. The Hall–Kier alpha value is -3.48. The number of nitrogens with zero attached hydrogens (tertiary/aromatic N) is 3. The maximum atomic E-state index is 12.3. The van der Waals surface area contributed by atoms with E-state index in [1.165, 1.54) is 18.2 Å². The summed E-state index contributed by atoms with van der Waals surface area (Å²) in [5.41, 5.74) is 2.06.